The summed E-state index contributed by atoms with van der Waals surface area (Å²) in [6.45, 7) is 4.51. The maximum absolute atomic E-state index is 10.5. The van der Waals surface area contributed by atoms with Gasteiger partial charge in [0.2, 0.25) is 5.91 Å². The number of hydrogen-bond donors (Lipinski definition) is 1. The highest BCUT2D eigenvalue weighted by atomic mass is 35.5. The maximum atomic E-state index is 10.5. The average Bonchev–Trinajstić information content (AvgIpc) is 2.53. The Bertz CT molecular complexity index is 261. The van der Waals surface area contributed by atoms with E-state index in [0.29, 0.717) is 10.9 Å². The normalized spacial score (nSPS) is 23.1. The number of hydrogen-bond acceptors (Lipinski definition) is 2. The molecule has 5 heteroatoms. The first kappa shape index (κ1) is 12.9. The van der Waals surface area contributed by atoms with E-state index in [4.69, 9.17) is 5.73 Å². The fourth-order valence-electron chi connectivity index (χ4n) is 1.22. The number of carbonyl (C=O) groups is 1. The quantitative estimate of drug-likeness (QED) is 0.517. The van der Waals surface area contributed by atoms with Crippen LogP contribution in [0.15, 0.2) is 30.2 Å². The fourth-order valence-corrected chi connectivity index (χ4v) is 1.22. The van der Waals surface area contributed by atoms with Crippen LogP contribution in [0.2, 0.25) is 0 Å². The number of amides is 1. The number of carbonyl (C=O) groups excluding carboxylic acids is 1. The Morgan fingerprint density at radius 3 is 2.79 bits per heavy atom. The van der Waals surface area contributed by atoms with E-state index in [1.165, 1.54) is 0 Å². The SMILES string of the molecule is C=C[N+]1(CCCC(N)=O)C=CN=C1.[Cl-]. The molecule has 0 spiro atoms. The predicted octanol–water partition coefficient (Wildman–Crippen LogP) is -2.27. The molecule has 0 radical (unpaired) electrons. The van der Waals surface area contributed by atoms with E-state index in [2.05, 4.69) is 11.6 Å². The summed E-state index contributed by atoms with van der Waals surface area (Å²) < 4.78 is 0.507. The molecular formula is C9H14ClN3O. The molecule has 1 rings (SSSR count). The summed E-state index contributed by atoms with van der Waals surface area (Å²) in [5, 5.41) is 0. The van der Waals surface area contributed by atoms with Crippen molar-refractivity contribution in [3.05, 3.63) is 25.2 Å². The number of rotatable bonds is 5. The van der Waals surface area contributed by atoms with E-state index in [1.54, 1.807) is 18.7 Å². The van der Waals surface area contributed by atoms with Gasteiger partial charge in [0.25, 0.3) is 0 Å². The topological polar surface area (TPSA) is 55.5 Å². The van der Waals surface area contributed by atoms with Crippen LogP contribution in [0.5, 0.6) is 0 Å². The van der Waals surface area contributed by atoms with Crippen LogP contribution in [0.3, 0.4) is 0 Å². The number of nitrogens with zero attached hydrogens (tertiary/aromatic N) is 2. The first-order valence-electron chi connectivity index (χ1n) is 4.20. The van der Waals surface area contributed by atoms with Crippen LogP contribution in [0.25, 0.3) is 0 Å². The molecule has 1 aliphatic heterocycles. The van der Waals surface area contributed by atoms with Crippen molar-refractivity contribution >= 4 is 12.2 Å². The number of quaternary nitrogens is 1. The molecule has 0 fully saturated rings. The lowest BCUT2D eigenvalue weighted by Crippen LogP contribution is -3.00. The minimum atomic E-state index is -0.262. The van der Waals surface area contributed by atoms with E-state index < -0.39 is 0 Å². The van der Waals surface area contributed by atoms with Gasteiger partial charge >= 0.3 is 0 Å². The van der Waals surface area contributed by atoms with Crippen LogP contribution < -0.4 is 18.1 Å². The molecule has 0 saturated heterocycles. The average molecular weight is 216 g/mol. The highest BCUT2D eigenvalue weighted by Crippen LogP contribution is 2.13. The zero-order chi connectivity index (χ0) is 9.73. The van der Waals surface area contributed by atoms with Crippen LogP contribution in [0.1, 0.15) is 12.8 Å². The lowest BCUT2D eigenvalue weighted by Gasteiger charge is -2.21. The van der Waals surface area contributed by atoms with E-state index in [9.17, 15) is 4.79 Å². The van der Waals surface area contributed by atoms with Crippen LogP contribution in [-0.4, -0.2) is 23.3 Å². The second-order valence-corrected chi connectivity index (χ2v) is 3.03. The molecule has 0 aliphatic carbocycles. The van der Waals surface area contributed by atoms with Gasteiger partial charge in [0, 0.05) is 12.8 Å². The minimum absolute atomic E-state index is 0. The van der Waals surface area contributed by atoms with E-state index >= 15 is 0 Å². The molecule has 1 heterocycles. The summed E-state index contributed by atoms with van der Waals surface area (Å²) in [5.41, 5.74) is 5.04. The van der Waals surface area contributed by atoms with Crippen molar-refractivity contribution in [3.8, 4) is 0 Å². The number of primary amides is 1. The lowest BCUT2D eigenvalue weighted by molar-refractivity contribution is -0.721. The third kappa shape index (κ3) is 3.32. The number of halogens is 1. The third-order valence-corrected chi connectivity index (χ3v) is 2.02. The molecule has 0 aromatic rings. The van der Waals surface area contributed by atoms with E-state index in [-0.39, 0.29) is 18.3 Å². The molecule has 0 aromatic heterocycles. The molecule has 0 aromatic carbocycles. The molecule has 0 bridgehead atoms. The molecule has 0 saturated carbocycles. The molecule has 1 unspecified atom stereocenters. The molecule has 1 atom stereocenters. The number of nitrogens with two attached hydrogens (primary N) is 1. The van der Waals surface area contributed by atoms with Gasteiger partial charge in [0.05, 0.1) is 18.9 Å². The van der Waals surface area contributed by atoms with Crippen LogP contribution >= 0.6 is 0 Å². The van der Waals surface area contributed by atoms with Gasteiger partial charge in [-0.2, -0.15) is 0 Å². The van der Waals surface area contributed by atoms with Crippen molar-refractivity contribution < 1.29 is 21.7 Å². The second-order valence-electron chi connectivity index (χ2n) is 3.03. The van der Waals surface area contributed by atoms with Crippen LogP contribution in [0, 0.1) is 0 Å². The Labute approximate surface area is 89.8 Å². The molecule has 2 N–H and O–H groups in total. The van der Waals surface area contributed by atoms with Gasteiger partial charge in [-0.15, -0.1) is 0 Å². The van der Waals surface area contributed by atoms with E-state index in [1.807, 2.05) is 6.20 Å². The van der Waals surface area contributed by atoms with Crippen molar-refractivity contribution in [2.24, 2.45) is 10.7 Å². The van der Waals surface area contributed by atoms with Crippen molar-refractivity contribution in [3.63, 3.8) is 0 Å². The first-order valence-corrected chi connectivity index (χ1v) is 4.20. The van der Waals surface area contributed by atoms with E-state index in [0.717, 1.165) is 13.0 Å². The summed E-state index contributed by atoms with van der Waals surface area (Å²) in [4.78, 5) is 14.5. The first-order chi connectivity index (χ1) is 6.18. The Morgan fingerprint density at radius 2 is 2.36 bits per heavy atom. The van der Waals surface area contributed by atoms with Crippen LogP contribution in [-0.2, 0) is 4.79 Å². The van der Waals surface area contributed by atoms with Crippen LogP contribution in [0.4, 0.5) is 0 Å². The zero-order valence-corrected chi connectivity index (χ0v) is 8.65. The molecule has 14 heavy (non-hydrogen) atoms. The second kappa shape index (κ2) is 5.57. The third-order valence-electron chi connectivity index (χ3n) is 2.02. The molecule has 4 nitrogen and oxygen atoms in total. The van der Waals surface area contributed by atoms with Gasteiger partial charge in [-0.25, -0.2) is 9.48 Å². The summed E-state index contributed by atoms with van der Waals surface area (Å²) in [6, 6.07) is 0. The maximum Gasteiger partial charge on any atom is 0.217 e. The van der Waals surface area contributed by atoms with Crippen molar-refractivity contribution in [1.29, 1.82) is 0 Å². The van der Waals surface area contributed by atoms with Gasteiger partial charge in [-0.3, -0.25) is 4.79 Å². The van der Waals surface area contributed by atoms with Crippen molar-refractivity contribution in [1.82, 2.24) is 0 Å². The lowest BCUT2D eigenvalue weighted by atomic mass is 10.2. The highest BCUT2D eigenvalue weighted by Gasteiger charge is 2.21. The van der Waals surface area contributed by atoms with Crippen molar-refractivity contribution in [2.75, 3.05) is 6.54 Å². The smallest absolute Gasteiger partial charge is 0.217 e. The molecular weight excluding hydrogens is 202 g/mol. The van der Waals surface area contributed by atoms with Gasteiger partial charge in [-0.1, -0.05) is 0 Å². The van der Waals surface area contributed by atoms with Crippen molar-refractivity contribution in [2.45, 2.75) is 12.8 Å². The Kier molecular flexibility index (Phi) is 5.12. The molecule has 78 valence electrons. The molecule has 1 aliphatic rings. The van der Waals surface area contributed by atoms with Gasteiger partial charge in [0.1, 0.15) is 6.20 Å². The highest BCUT2D eigenvalue weighted by molar-refractivity contribution is 5.73. The summed E-state index contributed by atoms with van der Waals surface area (Å²) in [7, 11) is 0. The monoisotopic (exact) mass is 215 g/mol. The van der Waals surface area contributed by atoms with Gasteiger partial charge < -0.3 is 18.1 Å². The Balaban J connectivity index is 0.00000169. The summed E-state index contributed by atoms with van der Waals surface area (Å²) >= 11 is 0. The zero-order valence-electron chi connectivity index (χ0n) is 7.90. The minimum Gasteiger partial charge on any atom is -1.00 e. The Morgan fingerprint density at radius 1 is 1.64 bits per heavy atom. The predicted molar refractivity (Wildman–Crippen MR) is 51.4 cm³/mol. The number of aliphatic imine (C=N–C) groups is 1. The molecule has 1 amide bonds. The van der Waals surface area contributed by atoms with Gasteiger partial charge in [0.15, 0.2) is 6.34 Å². The standard InChI is InChI=1S/C9H13N3O.ClH/c1-2-12(7-5-11-8-12)6-3-4-9(10)13;/h2,5,7-8H,1,3-4,6H2,(H-,10,13);1H. The summed E-state index contributed by atoms with van der Waals surface area (Å²) in [6.07, 6.45) is 8.38. The van der Waals surface area contributed by atoms with Gasteiger partial charge in [-0.05, 0) is 6.58 Å². The Hall–Kier alpha value is -1.13. The fraction of sp³-hybridized carbons (Fsp3) is 0.333. The summed E-state index contributed by atoms with van der Waals surface area (Å²) in [5.74, 6) is -0.262. The largest absolute Gasteiger partial charge is 1.00 e.